The number of carbonyl (C=O) groups excluding carboxylic acids is 1. The Hall–Kier alpha value is -3.02. The summed E-state index contributed by atoms with van der Waals surface area (Å²) in [7, 11) is 1.65. The third kappa shape index (κ3) is 4.74. The Morgan fingerprint density at radius 2 is 1.91 bits per heavy atom. The number of benzene rings is 2. The number of nitrogens with zero attached hydrogens (tertiary/aromatic N) is 2. The third-order valence-corrected chi connectivity index (χ3v) is 6.24. The maximum atomic E-state index is 12.8. The molecule has 32 heavy (non-hydrogen) atoms. The minimum atomic E-state index is -0.115. The van der Waals surface area contributed by atoms with Gasteiger partial charge in [-0.2, -0.15) is 0 Å². The van der Waals surface area contributed by atoms with Crippen LogP contribution in [0.15, 0.2) is 36.4 Å². The number of nitrogens with one attached hydrogen (secondary N) is 1. The molecule has 3 aromatic rings. The van der Waals surface area contributed by atoms with Crippen LogP contribution in [0.25, 0.3) is 11.0 Å². The second-order valence-corrected chi connectivity index (χ2v) is 9.70. The van der Waals surface area contributed by atoms with Gasteiger partial charge in [0.05, 0.1) is 18.1 Å². The molecule has 1 fully saturated rings. The van der Waals surface area contributed by atoms with Gasteiger partial charge in [0.25, 0.3) is 5.91 Å². The van der Waals surface area contributed by atoms with E-state index in [1.165, 1.54) is 5.56 Å². The molecule has 4 rings (SSSR count). The summed E-state index contributed by atoms with van der Waals surface area (Å²) in [4.78, 5) is 23.0. The van der Waals surface area contributed by atoms with E-state index in [4.69, 9.17) is 14.5 Å². The average molecular weight is 436 g/mol. The van der Waals surface area contributed by atoms with E-state index in [-0.39, 0.29) is 17.9 Å². The van der Waals surface area contributed by atoms with E-state index in [0.29, 0.717) is 5.92 Å². The average Bonchev–Trinajstić information content (AvgIpc) is 3.20. The SMILES string of the molecule is COc1ccc(OCC(=O)N2CCC(c3nc4ccc(C)cc4[nH]3)CC2)c(C(C)(C)C)c1. The van der Waals surface area contributed by atoms with Crippen molar-refractivity contribution >= 4 is 16.9 Å². The number of ether oxygens (including phenoxy) is 2. The molecule has 1 saturated heterocycles. The molecule has 1 aliphatic heterocycles. The van der Waals surface area contributed by atoms with Crippen molar-refractivity contribution in [2.45, 2.75) is 51.9 Å². The Balaban J connectivity index is 1.36. The number of carbonyl (C=O) groups is 1. The highest BCUT2D eigenvalue weighted by Gasteiger charge is 2.27. The molecular weight excluding hydrogens is 402 g/mol. The summed E-state index contributed by atoms with van der Waals surface area (Å²) in [6.45, 7) is 9.95. The quantitative estimate of drug-likeness (QED) is 0.615. The molecule has 2 heterocycles. The molecule has 1 aliphatic rings. The number of hydrogen-bond donors (Lipinski definition) is 1. The van der Waals surface area contributed by atoms with Crippen molar-refractivity contribution < 1.29 is 14.3 Å². The Labute approximate surface area is 189 Å². The Bertz CT molecular complexity index is 1110. The zero-order valence-electron chi connectivity index (χ0n) is 19.7. The molecule has 2 aromatic carbocycles. The molecule has 0 radical (unpaired) electrons. The van der Waals surface area contributed by atoms with Gasteiger partial charge in [-0.25, -0.2) is 4.98 Å². The van der Waals surface area contributed by atoms with Crippen LogP contribution < -0.4 is 9.47 Å². The monoisotopic (exact) mass is 435 g/mol. The van der Waals surface area contributed by atoms with Crippen LogP contribution >= 0.6 is 0 Å². The molecule has 0 aliphatic carbocycles. The molecule has 0 saturated carbocycles. The molecule has 0 bridgehead atoms. The molecule has 0 unspecified atom stereocenters. The Kier molecular flexibility index (Phi) is 6.13. The summed E-state index contributed by atoms with van der Waals surface area (Å²) < 4.78 is 11.3. The fourth-order valence-corrected chi connectivity index (χ4v) is 4.32. The van der Waals surface area contributed by atoms with E-state index in [0.717, 1.165) is 59.9 Å². The molecule has 0 spiro atoms. The number of methoxy groups -OCH3 is 1. The largest absolute Gasteiger partial charge is 0.497 e. The van der Waals surface area contributed by atoms with E-state index < -0.39 is 0 Å². The minimum Gasteiger partial charge on any atom is -0.497 e. The summed E-state index contributed by atoms with van der Waals surface area (Å²) in [5.74, 6) is 2.93. The summed E-state index contributed by atoms with van der Waals surface area (Å²) in [6, 6.07) is 12.0. The minimum absolute atomic E-state index is 0.0272. The lowest BCUT2D eigenvalue weighted by molar-refractivity contribution is -0.134. The van der Waals surface area contributed by atoms with E-state index in [9.17, 15) is 4.79 Å². The number of aromatic amines is 1. The van der Waals surface area contributed by atoms with Gasteiger partial charge in [-0.05, 0) is 61.1 Å². The van der Waals surface area contributed by atoms with Gasteiger partial charge in [0.1, 0.15) is 17.3 Å². The summed E-state index contributed by atoms with van der Waals surface area (Å²) in [5, 5.41) is 0. The van der Waals surface area contributed by atoms with Gasteiger partial charge in [0.2, 0.25) is 0 Å². The number of likely N-dealkylation sites (tertiary alicyclic amines) is 1. The van der Waals surface area contributed by atoms with E-state index >= 15 is 0 Å². The van der Waals surface area contributed by atoms with Gasteiger partial charge in [0, 0.05) is 24.6 Å². The number of amides is 1. The van der Waals surface area contributed by atoms with Gasteiger partial charge in [-0.3, -0.25) is 4.79 Å². The van der Waals surface area contributed by atoms with Crippen molar-refractivity contribution in [3.05, 3.63) is 53.3 Å². The van der Waals surface area contributed by atoms with Crippen molar-refractivity contribution in [2.75, 3.05) is 26.8 Å². The van der Waals surface area contributed by atoms with Crippen molar-refractivity contribution in [2.24, 2.45) is 0 Å². The molecule has 1 N–H and O–H groups in total. The van der Waals surface area contributed by atoms with Crippen molar-refractivity contribution in [3.63, 3.8) is 0 Å². The fourth-order valence-electron chi connectivity index (χ4n) is 4.32. The summed E-state index contributed by atoms with van der Waals surface area (Å²) in [5.41, 5.74) is 4.23. The number of piperidine rings is 1. The summed E-state index contributed by atoms with van der Waals surface area (Å²) in [6.07, 6.45) is 1.81. The first-order chi connectivity index (χ1) is 15.2. The van der Waals surface area contributed by atoms with Gasteiger partial charge in [-0.15, -0.1) is 0 Å². The number of aromatic nitrogens is 2. The molecule has 6 nitrogen and oxygen atoms in total. The highest BCUT2D eigenvalue weighted by atomic mass is 16.5. The standard InChI is InChI=1S/C26H33N3O3/c1-17-6-8-21-22(14-17)28-25(27-21)18-10-12-29(13-11-18)24(30)16-32-23-9-7-19(31-5)15-20(23)26(2,3)4/h6-9,14-15,18H,10-13,16H2,1-5H3,(H,27,28). The lowest BCUT2D eigenvalue weighted by atomic mass is 9.86. The smallest absolute Gasteiger partial charge is 0.260 e. The van der Waals surface area contributed by atoms with E-state index in [2.05, 4.69) is 50.9 Å². The second kappa shape index (κ2) is 8.85. The van der Waals surface area contributed by atoms with Crippen LogP contribution in [0.2, 0.25) is 0 Å². The number of fused-ring (bicyclic) bond motifs is 1. The first-order valence-electron chi connectivity index (χ1n) is 11.3. The number of H-pyrrole nitrogens is 1. The van der Waals surface area contributed by atoms with Crippen LogP contribution in [-0.4, -0.2) is 47.6 Å². The van der Waals surface area contributed by atoms with E-state index in [1.807, 2.05) is 23.1 Å². The van der Waals surface area contributed by atoms with Crippen LogP contribution in [0.5, 0.6) is 11.5 Å². The zero-order valence-corrected chi connectivity index (χ0v) is 19.7. The highest BCUT2D eigenvalue weighted by Crippen LogP contribution is 2.34. The zero-order chi connectivity index (χ0) is 22.9. The third-order valence-electron chi connectivity index (χ3n) is 6.24. The lowest BCUT2D eigenvalue weighted by Gasteiger charge is -2.31. The van der Waals surface area contributed by atoms with Gasteiger partial charge in [0.15, 0.2) is 6.61 Å². The van der Waals surface area contributed by atoms with Crippen LogP contribution in [0.4, 0.5) is 0 Å². The van der Waals surface area contributed by atoms with Crippen molar-refractivity contribution in [1.29, 1.82) is 0 Å². The second-order valence-electron chi connectivity index (χ2n) is 9.70. The normalized spacial score (nSPS) is 15.2. The van der Waals surface area contributed by atoms with Gasteiger partial charge >= 0.3 is 0 Å². The molecule has 170 valence electrons. The van der Waals surface area contributed by atoms with Crippen LogP contribution in [0, 0.1) is 6.92 Å². The topological polar surface area (TPSA) is 67.5 Å². The van der Waals surface area contributed by atoms with Crippen LogP contribution in [-0.2, 0) is 10.2 Å². The predicted octanol–water partition coefficient (Wildman–Crippen LogP) is 4.96. The predicted molar refractivity (Wildman–Crippen MR) is 127 cm³/mol. The number of aryl methyl sites for hydroxylation is 1. The number of imidazole rings is 1. The number of rotatable bonds is 5. The number of hydrogen-bond acceptors (Lipinski definition) is 4. The molecule has 1 amide bonds. The first-order valence-corrected chi connectivity index (χ1v) is 11.3. The van der Waals surface area contributed by atoms with Gasteiger partial charge in [-0.1, -0.05) is 26.8 Å². The summed E-state index contributed by atoms with van der Waals surface area (Å²) >= 11 is 0. The molecule has 6 heteroatoms. The lowest BCUT2D eigenvalue weighted by Crippen LogP contribution is -2.40. The highest BCUT2D eigenvalue weighted by molar-refractivity contribution is 5.78. The van der Waals surface area contributed by atoms with Crippen LogP contribution in [0.1, 0.15) is 56.5 Å². The molecule has 0 atom stereocenters. The van der Waals surface area contributed by atoms with Crippen molar-refractivity contribution in [1.82, 2.24) is 14.9 Å². The van der Waals surface area contributed by atoms with Crippen LogP contribution in [0.3, 0.4) is 0 Å². The maximum absolute atomic E-state index is 12.8. The molecular formula is C26H33N3O3. The Morgan fingerprint density at radius 3 is 2.59 bits per heavy atom. The van der Waals surface area contributed by atoms with E-state index in [1.54, 1.807) is 7.11 Å². The molecule has 1 aromatic heterocycles. The van der Waals surface area contributed by atoms with Crippen molar-refractivity contribution in [3.8, 4) is 11.5 Å². The maximum Gasteiger partial charge on any atom is 0.260 e. The Morgan fingerprint density at radius 1 is 1.16 bits per heavy atom. The first kappa shape index (κ1) is 22.2. The van der Waals surface area contributed by atoms with Gasteiger partial charge < -0.3 is 19.4 Å². The fraction of sp³-hybridized carbons (Fsp3) is 0.462.